The van der Waals surface area contributed by atoms with E-state index in [1.165, 1.54) is 0 Å². The third kappa shape index (κ3) is 3.69. The topological polar surface area (TPSA) is 52.0 Å². The predicted molar refractivity (Wildman–Crippen MR) is 91.6 cm³/mol. The molecule has 3 aromatic rings. The van der Waals surface area contributed by atoms with Gasteiger partial charge in [0.05, 0.1) is 18.4 Å². The summed E-state index contributed by atoms with van der Waals surface area (Å²) in [6, 6.07) is 11.9. The zero-order chi connectivity index (χ0) is 15.9. The molecule has 0 atom stereocenters. The van der Waals surface area contributed by atoms with Gasteiger partial charge in [0.1, 0.15) is 11.6 Å². The van der Waals surface area contributed by atoms with Crippen LogP contribution in [0.25, 0.3) is 11.4 Å². The van der Waals surface area contributed by atoms with Gasteiger partial charge in [-0.25, -0.2) is 4.98 Å². The van der Waals surface area contributed by atoms with Gasteiger partial charge in [0.25, 0.3) is 0 Å². The largest absolute Gasteiger partial charge is 0.496 e. The van der Waals surface area contributed by atoms with Crippen molar-refractivity contribution in [2.24, 2.45) is 0 Å². The Balaban J connectivity index is 1.63. The summed E-state index contributed by atoms with van der Waals surface area (Å²) in [5.74, 6) is 1.78. The van der Waals surface area contributed by atoms with E-state index in [4.69, 9.17) is 4.74 Å². The monoisotopic (exact) mass is 308 g/mol. The molecule has 0 aliphatic rings. The highest BCUT2D eigenvalue weighted by Crippen LogP contribution is 2.28. The average molecular weight is 308 g/mol. The second-order valence-corrected chi connectivity index (χ2v) is 5.17. The Morgan fingerprint density at radius 3 is 2.87 bits per heavy atom. The Kier molecular flexibility index (Phi) is 4.88. The molecule has 2 heterocycles. The Bertz CT molecular complexity index is 740. The maximum Gasteiger partial charge on any atom is 0.143 e. The smallest absolute Gasteiger partial charge is 0.143 e. The molecule has 1 aromatic carbocycles. The van der Waals surface area contributed by atoms with Crippen molar-refractivity contribution in [3.63, 3.8) is 0 Å². The van der Waals surface area contributed by atoms with Crippen LogP contribution in [0, 0.1) is 0 Å². The summed E-state index contributed by atoms with van der Waals surface area (Å²) in [6.07, 6.45) is 8.43. The fourth-order valence-electron chi connectivity index (χ4n) is 2.51. The Hall–Kier alpha value is -2.82. The molecule has 0 aliphatic heterocycles. The number of hydrogen-bond donors (Lipinski definition) is 1. The van der Waals surface area contributed by atoms with Crippen LogP contribution in [-0.2, 0) is 6.54 Å². The van der Waals surface area contributed by atoms with Crippen molar-refractivity contribution in [2.75, 3.05) is 19.0 Å². The minimum atomic E-state index is 0.841. The first-order valence-electron chi connectivity index (χ1n) is 7.67. The minimum absolute atomic E-state index is 0.841. The van der Waals surface area contributed by atoms with Crippen LogP contribution < -0.4 is 10.1 Å². The molecule has 0 bridgehead atoms. The Labute approximate surface area is 136 Å². The lowest BCUT2D eigenvalue weighted by Gasteiger charge is -2.11. The number of hydrogen-bond acceptors (Lipinski definition) is 4. The molecule has 0 fully saturated rings. The lowest BCUT2D eigenvalue weighted by molar-refractivity contribution is 0.416. The zero-order valence-corrected chi connectivity index (χ0v) is 13.1. The van der Waals surface area contributed by atoms with Gasteiger partial charge in [-0.05, 0) is 30.7 Å². The van der Waals surface area contributed by atoms with E-state index in [9.17, 15) is 0 Å². The number of aromatic nitrogens is 3. The highest BCUT2D eigenvalue weighted by molar-refractivity contribution is 5.64. The molecule has 0 radical (unpaired) electrons. The molecule has 23 heavy (non-hydrogen) atoms. The molecule has 3 rings (SSSR count). The number of rotatable bonds is 7. The first-order chi connectivity index (χ1) is 11.4. The van der Waals surface area contributed by atoms with Crippen molar-refractivity contribution >= 4 is 5.69 Å². The van der Waals surface area contributed by atoms with Crippen LogP contribution in [0.4, 0.5) is 5.69 Å². The normalized spacial score (nSPS) is 10.5. The maximum absolute atomic E-state index is 5.43. The van der Waals surface area contributed by atoms with Crippen molar-refractivity contribution in [2.45, 2.75) is 13.0 Å². The number of anilines is 1. The first kappa shape index (κ1) is 15.1. The molecule has 0 aliphatic carbocycles. The first-order valence-corrected chi connectivity index (χ1v) is 7.67. The van der Waals surface area contributed by atoms with Gasteiger partial charge >= 0.3 is 0 Å². The molecule has 0 saturated heterocycles. The lowest BCUT2D eigenvalue weighted by Crippen LogP contribution is -2.07. The van der Waals surface area contributed by atoms with E-state index in [1.807, 2.05) is 55.0 Å². The van der Waals surface area contributed by atoms with Crippen molar-refractivity contribution in [1.29, 1.82) is 0 Å². The number of imidazole rings is 1. The molecule has 2 aromatic heterocycles. The minimum Gasteiger partial charge on any atom is -0.496 e. The molecule has 1 N–H and O–H groups in total. The number of nitrogens with zero attached hydrogens (tertiary/aromatic N) is 3. The van der Waals surface area contributed by atoms with E-state index in [2.05, 4.69) is 19.9 Å². The number of methoxy groups -OCH3 is 1. The Morgan fingerprint density at radius 1 is 1.13 bits per heavy atom. The van der Waals surface area contributed by atoms with Crippen LogP contribution in [0.5, 0.6) is 5.75 Å². The highest BCUT2D eigenvalue weighted by atomic mass is 16.5. The van der Waals surface area contributed by atoms with Gasteiger partial charge in [0.2, 0.25) is 0 Å². The molecule has 0 spiro atoms. The number of nitrogens with one attached hydrogen (secondary N) is 1. The number of aryl methyl sites for hydroxylation is 1. The van der Waals surface area contributed by atoms with Crippen molar-refractivity contribution < 1.29 is 4.74 Å². The number of benzene rings is 1. The summed E-state index contributed by atoms with van der Waals surface area (Å²) in [6.45, 7) is 1.77. The molecular formula is C18H20N4O. The van der Waals surface area contributed by atoms with Crippen molar-refractivity contribution in [3.05, 3.63) is 61.2 Å². The van der Waals surface area contributed by atoms with Crippen LogP contribution in [0.3, 0.4) is 0 Å². The maximum atomic E-state index is 5.43. The third-order valence-electron chi connectivity index (χ3n) is 3.63. The zero-order valence-electron chi connectivity index (χ0n) is 13.1. The van der Waals surface area contributed by atoms with Gasteiger partial charge in [-0.1, -0.05) is 12.1 Å². The second kappa shape index (κ2) is 7.45. The van der Waals surface area contributed by atoms with Gasteiger partial charge in [-0.3, -0.25) is 4.98 Å². The molecule has 0 unspecified atom stereocenters. The number of pyridine rings is 1. The highest BCUT2D eigenvalue weighted by Gasteiger charge is 2.10. The summed E-state index contributed by atoms with van der Waals surface area (Å²) in [5, 5.41) is 3.37. The molecule has 5 heteroatoms. The second-order valence-electron chi connectivity index (χ2n) is 5.17. The molecule has 5 nitrogen and oxygen atoms in total. The lowest BCUT2D eigenvalue weighted by atomic mass is 10.2. The van der Waals surface area contributed by atoms with Crippen LogP contribution in [0.2, 0.25) is 0 Å². The van der Waals surface area contributed by atoms with E-state index in [0.717, 1.165) is 42.3 Å². The van der Waals surface area contributed by atoms with E-state index >= 15 is 0 Å². The van der Waals surface area contributed by atoms with Gasteiger partial charge < -0.3 is 14.6 Å². The molecule has 118 valence electrons. The SMILES string of the molecule is COc1ccccc1-c1nccn1CCCNc1cccnc1. The third-order valence-corrected chi connectivity index (χ3v) is 3.63. The fourth-order valence-corrected chi connectivity index (χ4v) is 2.51. The quantitative estimate of drug-likeness (QED) is 0.679. The van der Waals surface area contributed by atoms with Crippen molar-refractivity contribution in [3.8, 4) is 17.1 Å². The summed E-state index contributed by atoms with van der Waals surface area (Å²) in [5.41, 5.74) is 2.06. The summed E-state index contributed by atoms with van der Waals surface area (Å²) in [7, 11) is 1.68. The van der Waals surface area contributed by atoms with Gasteiger partial charge in [-0.2, -0.15) is 0 Å². The van der Waals surface area contributed by atoms with E-state index in [-0.39, 0.29) is 0 Å². The number of para-hydroxylation sites is 1. The molecule has 0 saturated carbocycles. The fraction of sp³-hybridized carbons (Fsp3) is 0.222. The van der Waals surface area contributed by atoms with Crippen LogP contribution in [-0.4, -0.2) is 28.2 Å². The summed E-state index contributed by atoms with van der Waals surface area (Å²) < 4.78 is 7.59. The van der Waals surface area contributed by atoms with Gasteiger partial charge in [0, 0.05) is 37.9 Å². The van der Waals surface area contributed by atoms with E-state index in [1.54, 1.807) is 13.3 Å². The van der Waals surface area contributed by atoms with Crippen LogP contribution in [0.15, 0.2) is 61.2 Å². The molecule has 0 amide bonds. The number of ether oxygens (including phenoxy) is 1. The van der Waals surface area contributed by atoms with Crippen LogP contribution in [0.1, 0.15) is 6.42 Å². The standard InChI is InChI=1S/C18H20N4O/c1-23-17-8-3-2-7-16(17)18-21-11-13-22(18)12-5-10-20-15-6-4-9-19-14-15/h2-4,6-9,11,13-14,20H,5,10,12H2,1H3. The van der Waals surface area contributed by atoms with E-state index < -0.39 is 0 Å². The van der Waals surface area contributed by atoms with E-state index in [0.29, 0.717) is 0 Å². The predicted octanol–water partition coefficient (Wildman–Crippen LogP) is 3.46. The average Bonchev–Trinajstić information content (AvgIpc) is 3.08. The Morgan fingerprint density at radius 2 is 2.04 bits per heavy atom. The van der Waals surface area contributed by atoms with Gasteiger partial charge in [-0.15, -0.1) is 0 Å². The van der Waals surface area contributed by atoms with Crippen LogP contribution >= 0.6 is 0 Å². The summed E-state index contributed by atoms with van der Waals surface area (Å²) in [4.78, 5) is 8.58. The molecular weight excluding hydrogens is 288 g/mol. The van der Waals surface area contributed by atoms with Gasteiger partial charge in [0.15, 0.2) is 0 Å². The van der Waals surface area contributed by atoms with Crippen molar-refractivity contribution in [1.82, 2.24) is 14.5 Å². The summed E-state index contributed by atoms with van der Waals surface area (Å²) >= 11 is 0.